The summed E-state index contributed by atoms with van der Waals surface area (Å²) in [4.78, 5) is 12.9. The van der Waals surface area contributed by atoms with E-state index in [0.29, 0.717) is 5.96 Å². The van der Waals surface area contributed by atoms with E-state index in [1.54, 1.807) is 19.4 Å². The predicted molar refractivity (Wildman–Crippen MR) is 90.2 cm³/mol. The fourth-order valence-corrected chi connectivity index (χ4v) is 2.08. The Labute approximate surface area is 136 Å². The Balaban J connectivity index is 2.46. The number of hydrogen-bond acceptors (Lipinski definition) is 4. The molecule has 0 bridgehead atoms. The third kappa shape index (κ3) is 5.03. The van der Waals surface area contributed by atoms with Crippen LogP contribution in [0.3, 0.4) is 0 Å². The number of rotatable bonds is 3. The molecule has 2 rings (SSSR count). The average molecular weight is 313 g/mol. The van der Waals surface area contributed by atoms with Crippen molar-refractivity contribution in [3.8, 4) is 0 Å². The molecular weight excluding hydrogens is 290 g/mol. The van der Waals surface area contributed by atoms with Crippen molar-refractivity contribution in [2.45, 2.75) is 32.4 Å². The molecule has 0 fully saturated rings. The SMILES string of the molecule is CN(O)C(=NC(c1ccccc1)c1cncnc1)NC(C)(C)C. The molecule has 6 nitrogen and oxygen atoms in total. The molecule has 1 aromatic carbocycles. The number of benzene rings is 1. The second kappa shape index (κ2) is 7.19. The van der Waals surface area contributed by atoms with Gasteiger partial charge in [0.1, 0.15) is 12.4 Å². The van der Waals surface area contributed by atoms with Crippen LogP contribution < -0.4 is 5.32 Å². The summed E-state index contributed by atoms with van der Waals surface area (Å²) in [5, 5.41) is 14.1. The summed E-state index contributed by atoms with van der Waals surface area (Å²) >= 11 is 0. The van der Waals surface area contributed by atoms with Crippen LogP contribution in [0, 0.1) is 0 Å². The molecule has 1 heterocycles. The average Bonchev–Trinajstić information content (AvgIpc) is 2.52. The zero-order chi connectivity index (χ0) is 16.9. The van der Waals surface area contributed by atoms with Gasteiger partial charge in [-0.25, -0.2) is 20.0 Å². The van der Waals surface area contributed by atoms with Gasteiger partial charge in [-0.2, -0.15) is 0 Å². The fourth-order valence-electron chi connectivity index (χ4n) is 2.08. The lowest BCUT2D eigenvalue weighted by Gasteiger charge is -2.27. The van der Waals surface area contributed by atoms with E-state index >= 15 is 0 Å². The van der Waals surface area contributed by atoms with Gasteiger partial charge >= 0.3 is 0 Å². The minimum absolute atomic E-state index is 0.232. The maximum atomic E-state index is 9.93. The maximum Gasteiger partial charge on any atom is 0.219 e. The van der Waals surface area contributed by atoms with E-state index in [9.17, 15) is 5.21 Å². The lowest BCUT2D eigenvalue weighted by molar-refractivity contribution is 0.00684. The molecule has 1 atom stereocenters. The molecule has 23 heavy (non-hydrogen) atoms. The number of hydrogen-bond donors (Lipinski definition) is 2. The smallest absolute Gasteiger partial charge is 0.219 e. The normalized spacial score (nSPS) is 13.5. The van der Waals surface area contributed by atoms with E-state index in [-0.39, 0.29) is 11.6 Å². The predicted octanol–water partition coefficient (Wildman–Crippen LogP) is 2.63. The summed E-state index contributed by atoms with van der Waals surface area (Å²) in [6, 6.07) is 9.55. The number of nitrogens with zero attached hydrogens (tertiary/aromatic N) is 4. The van der Waals surface area contributed by atoms with Crippen LogP contribution in [0.25, 0.3) is 0 Å². The quantitative estimate of drug-likeness (QED) is 0.518. The molecule has 0 aliphatic heterocycles. The zero-order valence-electron chi connectivity index (χ0n) is 13.9. The Morgan fingerprint density at radius 2 is 1.74 bits per heavy atom. The first-order valence-electron chi connectivity index (χ1n) is 7.45. The summed E-state index contributed by atoms with van der Waals surface area (Å²) in [6.07, 6.45) is 4.96. The minimum Gasteiger partial charge on any atom is -0.350 e. The van der Waals surface area contributed by atoms with Gasteiger partial charge in [-0.1, -0.05) is 30.3 Å². The number of hydroxylamine groups is 2. The van der Waals surface area contributed by atoms with E-state index in [1.165, 1.54) is 6.33 Å². The summed E-state index contributed by atoms with van der Waals surface area (Å²) in [7, 11) is 1.54. The van der Waals surface area contributed by atoms with Crippen LogP contribution in [0.1, 0.15) is 37.9 Å². The second-order valence-corrected chi connectivity index (χ2v) is 6.34. The molecule has 2 N–H and O–H groups in total. The molecule has 0 saturated heterocycles. The van der Waals surface area contributed by atoms with E-state index < -0.39 is 0 Å². The van der Waals surface area contributed by atoms with Gasteiger partial charge in [0.2, 0.25) is 5.96 Å². The molecule has 122 valence electrons. The number of nitrogens with one attached hydrogen (secondary N) is 1. The van der Waals surface area contributed by atoms with E-state index in [2.05, 4.69) is 15.3 Å². The molecule has 0 aliphatic carbocycles. The van der Waals surface area contributed by atoms with Crippen LogP contribution in [0.2, 0.25) is 0 Å². The summed E-state index contributed by atoms with van der Waals surface area (Å²) in [5.41, 5.74) is 1.62. The van der Waals surface area contributed by atoms with E-state index in [0.717, 1.165) is 16.2 Å². The third-order valence-electron chi connectivity index (χ3n) is 3.06. The lowest BCUT2D eigenvalue weighted by Crippen LogP contribution is -2.47. The van der Waals surface area contributed by atoms with Crippen LogP contribution in [0.5, 0.6) is 0 Å². The van der Waals surface area contributed by atoms with Gasteiger partial charge in [-0.05, 0) is 26.3 Å². The highest BCUT2D eigenvalue weighted by Crippen LogP contribution is 2.25. The van der Waals surface area contributed by atoms with Crippen molar-refractivity contribution < 1.29 is 5.21 Å². The third-order valence-corrected chi connectivity index (χ3v) is 3.06. The topological polar surface area (TPSA) is 73.6 Å². The summed E-state index contributed by atoms with van der Waals surface area (Å²) in [6.45, 7) is 6.03. The van der Waals surface area contributed by atoms with Crippen molar-refractivity contribution in [1.82, 2.24) is 20.3 Å². The number of aliphatic imine (C=N–C) groups is 1. The van der Waals surface area contributed by atoms with Gasteiger partial charge in [0.25, 0.3) is 0 Å². The molecule has 0 amide bonds. The van der Waals surface area contributed by atoms with Crippen molar-refractivity contribution in [1.29, 1.82) is 0 Å². The second-order valence-electron chi connectivity index (χ2n) is 6.34. The molecule has 1 aromatic heterocycles. The van der Waals surface area contributed by atoms with Crippen molar-refractivity contribution in [3.63, 3.8) is 0 Å². The Morgan fingerprint density at radius 1 is 1.13 bits per heavy atom. The largest absolute Gasteiger partial charge is 0.350 e. The molecule has 2 aromatic rings. The van der Waals surface area contributed by atoms with Gasteiger partial charge in [0.15, 0.2) is 0 Å². The van der Waals surface area contributed by atoms with Crippen molar-refractivity contribution in [2.75, 3.05) is 7.05 Å². The molecule has 0 saturated carbocycles. The van der Waals surface area contributed by atoms with Crippen LogP contribution in [0.4, 0.5) is 0 Å². The van der Waals surface area contributed by atoms with Gasteiger partial charge in [-0.3, -0.25) is 5.21 Å². The molecule has 0 radical (unpaired) electrons. The van der Waals surface area contributed by atoms with Crippen LogP contribution >= 0.6 is 0 Å². The highest BCUT2D eigenvalue weighted by molar-refractivity contribution is 5.79. The monoisotopic (exact) mass is 313 g/mol. The van der Waals surface area contributed by atoms with Crippen molar-refractivity contribution in [3.05, 3.63) is 60.2 Å². The standard InChI is InChI=1S/C17H23N5O/c1-17(2,3)21-16(22(4)23)20-15(13-8-6-5-7-9-13)14-10-18-12-19-11-14/h5-12,15,23H,1-4H3,(H,20,21). The Hall–Kier alpha value is -2.47. The van der Waals surface area contributed by atoms with Gasteiger partial charge in [-0.15, -0.1) is 0 Å². The van der Waals surface area contributed by atoms with E-state index in [4.69, 9.17) is 4.99 Å². The highest BCUT2D eigenvalue weighted by atomic mass is 16.5. The van der Waals surface area contributed by atoms with Crippen molar-refractivity contribution in [2.24, 2.45) is 4.99 Å². The first kappa shape index (κ1) is 16.9. The van der Waals surface area contributed by atoms with Crippen LogP contribution in [-0.2, 0) is 0 Å². The van der Waals surface area contributed by atoms with Gasteiger partial charge in [0, 0.05) is 30.5 Å². The van der Waals surface area contributed by atoms with Crippen LogP contribution in [0.15, 0.2) is 54.0 Å². The van der Waals surface area contributed by atoms with Crippen molar-refractivity contribution >= 4 is 5.96 Å². The van der Waals surface area contributed by atoms with E-state index in [1.807, 2.05) is 51.1 Å². The summed E-state index contributed by atoms with van der Waals surface area (Å²) < 4.78 is 0. The highest BCUT2D eigenvalue weighted by Gasteiger charge is 2.19. The zero-order valence-corrected chi connectivity index (χ0v) is 13.9. The molecule has 1 unspecified atom stereocenters. The molecule has 6 heteroatoms. The molecule has 0 spiro atoms. The molecule has 0 aliphatic rings. The Kier molecular flexibility index (Phi) is 5.28. The lowest BCUT2D eigenvalue weighted by atomic mass is 10.0. The van der Waals surface area contributed by atoms with Gasteiger partial charge < -0.3 is 5.32 Å². The van der Waals surface area contributed by atoms with Gasteiger partial charge in [0.05, 0.1) is 0 Å². The van der Waals surface area contributed by atoms with Crippen LogP contribution in [-0.4, -0.2) is 38.8 Å². The number of aromatic nitrogens is 2. The summed E-state index contributed by atoms with van der Waals surface area (Å²) in [5.74, 6) is 0.384. The minimum atomic E-state index is -0.308. The maximum absolute atomic E-state index is 9.93. The Bertz CT molecular complexity index is 596. The first-order valence-corrected chi connectivity index (χ1v) is 7.45. The Morgan fingerprint density at radius 3 is 2.26 bits per heavy atom. The fraction of sp³-hybridized carbons (Fsp3) is 0.353. The number of guanidine groups is 1. The first-order chi connectivity index (χ1) is 10.9. The molecular formula is C17H23N5O.